The van der Waals surface area contributed by atoms with Crippen LogP contribution in [0.3, 0.4) is 0 Å². The van der Waals surface area contributed by atoms with E-state index in [1.54, 1.807) is 0 Å². The fraction of sp³-hybridized carbons (Fsp3) is 0.850. The van der Waals surface area contributed by atoms with Gasteiger partial charge in [0.25, 0.3) is 0 Å². The molecule has 0 saturated heterocycles. The van der Waals surface area contributed by atoms with Gasteiger partial charge < -0.3 is 20.1 Å². The van der Waals surface area contributed by atoms with E-state index in [0.717, 1.165) is 30.8 Å². The van der Waals surface area contributed by atoms with Gasteiger partial charge >= 0.3 is 5.97 Å². The fourth-order valence-electron chi connectivity index (χ4n) is 2.57. The van der Waals surface area contributed by atoms with E-state index in [0.29, 0.717) is 5.92 Å². The van der Waals surface area contributed by atoms with Gasteiger partial charge in [0.15, 0.2) is 0 Å². The van der Waals surface area contributed by atoms with Crippen molar-refractivity contribution < 1.29 is 24.9 Å². The lowest BCUT2D eigenvalue weighted by Crippen LogP contribution is -2.39. The molecule has 5 nitrogen and oxygen atoms in total. The van der Waals surface area contributed by atoms with Crippen molar-refractivity contribution in [3.63, 3.8) is 0 Å². The van der Waals surface area contributed by atoms with E-state index >= 15 is 0 Å². The first-order chi connectivity index (χ1) is 11.8. The van der Waals surface area contributed by atoms with Crippen LogP contribution in [0.15, 0.2) is 11.6 Å². The molecular formula is C20H38O5. The summed E-state index contributed by atoms with van der Waals surface area (Å²) in [5.41, 5.74) is -0.218. The summed E-state index contributed by atoms with van der Waals surface area (Å²) in [5.74, 6) is 0.976. The van der Waals surface area contributed by atoms with E-state index in [2.05, 4.69) is 20.8 Å². The van der Waals surface area contributed by atoms with Crippen molar-refractivity contribution in [3.05, 3.63) is 11.6 Å². The monoisotopic (exact) mass is 358 g/mol. The van der Waals surface area contributed by atoms with Gasteiger partial charge in [-0.2, -0.15) is 0 Å². The molecule has 0 aliphatic carbocycles. The Morgan fingerprint density at radius 1 is 1.00 bits per heavy atom. The maximum absolute atomic E-state index is 11.8. The fourth-order valence-corrected chi connectivity index (χ4v) is 2.57. The lowest BCUT2D eigenvalue weighted by atomic mass is 9.93. The first-order valence-corrected chi connectivity index (χ1v) is 9.45. The van der Waals surface area contributed by atoms with Gasteiger partial charge in [-0.3, -0.25) is 0 Å². The van der Waals surface area contributed by atoms with Crippen molar-refractivity contribution in [2.45, 2.75) is 66.2 Å². The van der Waals surface area contributed by atoms with Crippen LogP contribution in [-0.4, -0.2) is 47.7 Å². The molecule has 0 heterocycles. The van der Waals surface area contributed by atoms with Gasteiger partial charge in [-0.05, 0) is 31.6 Å². The molecule has 5 heteroatoms. The van der Waals surface area contributed by atoms with Crippen molar-refractivity contribution >= 4 is 5.97 Å². The molecule has 148 valence electrons. The topological polar surface area (TPSA) is 87.0 Å². The SMILES string of the molecule is CC(=CC(=O)OCC(CO)(CO)CO)CCCC(C)CCCC(C)C. The summed E-state index contributed by atoms with van der Waals surface area (Å²) in [6.45, 7) is 7.17. The highest BCUT2D eigenvalue weighted by molar-refractivity contribution is 5.82. The highest BCUT2D eigenvalue weighted by Crippen LogP contribution is 2.19. The predicted octanol–water partition coefficient (Wildman–Crippen LogP) is 3.07. The lowest BCUT2D eigenvalue weighted by Gasteiger charge is -2.26. The van der Waals surface area contributed by atoms with E-state index in [1.165, 1.54) is 25.3 Å². The molecule has 3 N–H and O–H groups in total. The van der Waals surface area contributed by atoms with Gasteiger partial charge in [-0.25, -0.2) is 4.79 Å². The average molecular weight is 359 g/mol. The number of carbonyl (C=O) groups excluding carboxylic acids is 1. The normalized spacial score (nSPS) is 14.0. The van der Waals surface area contributed by atoms with Crippen molar-refractivity contribution in [2.24, 2.45) is 17.3 Å². The molecular weight excluding hydrogens is 320 g/mol. The smallest absolute Gasteiger partial charge is 0.330 e. The minimum absolute atomic E-state index is 0.202. The number of aliphatic hydroxyl groups is 3. The molecule has 0 spiro atoms. The number of esters is 1. The maximum atomic E-state index is 11.8. The Labute approximate surface area is 153 Å². The second-order valence-corrected chi connectivity index (χ2v) is 7.89. The first kappa shape index (κ1) is 24.1. The average Bonchev–Trinajstić information content (AvgIpc) is 2.56. The number of ether oxygens (including phenoxy) is 1. The second kappa shape index (κ2) is 13.3. The molecule has 0 fully saturated rings. The van der Waals surface area contributed by atoms with E-state index in [4.69, 9.17) is 4.74 Å². The summed E-state index contributed by atoms with van der Waals surface area (Å²) in [6.07, 6.45) is 8.34. The van der Waals surface area contributed by atoms with Crippen LogP contribution in [0.5, 0.6) is 0 Å². The van der Waals surface area contributed by atoms with Crippen LogP contribution in [0, 0.1) is 17.3 Å². The number of rotatable bonds is 14. The van der Waals surface area contributed by atoms with E-state index < -0.39 is 31.2 Å². The molecule has 0 amide bonds. The summed E-state index contributed by atoms with van der Waals surface area (Å²) in [4.78, 5) is 11.8. The first-order valence-electron chi connectivity index (χ1n) is 9.45. The Kier molecular flexibility index (Phi) is 12.8. The van der Waals surface area contributed by atoms with Crippen molar-refractivity contribution in [3.8, 4) is 0 Å². The summed E-state index contributed by atoms with van der Waals surface area (Å²) >= 11 is 0. The van der Waals surface area contributed by atoms with Crippen LogP contribution in [0.1, 0.15) is 66.2 Å². The van der Waals surface area contributed by atoms with Crippen LogP contribution in [0.25, 0.3) is 0 Å². The summed E-state index contributed by atoms with van der Waals surface area (Å²) in [6, 6.07) is 0. The van der Waals surface area contributed by atoms with Crippen LogP contribution in [0.4, 0.5) is 0 Å². The van der Waals surface area contributed by atoms with Gasteiger partial charge in [0.05, 0.1) is 25.2 Å². The third kappa shape index (κ3) is 11.3. The number of hydrogen-bond donors (Lipinski definition) is 3. The van der Waals surface area contributed by atoms with Gasteiger partial charge in [0.1, 0.15) is 6.61 Å². The van der Waals surface area contributed by atoms with Crippen molar-refractivity contribution in [1.82, 2.24) is 0 Å². The minimum atomic E-state index is -1.18. The molecule has 0 aromatic carbocycles. The molecule has 0 saturated carbocycles. The number of carbonyl (C=O) groups is 1. The Balaban J connectivity index is 4.08. The molecule has 1 unspecified atom stereocenters. The van der Waals surface area contributed by atoms with Crippen LogP contribution in [0.2, 0.25) is 0 Å². The van der Waals surface area contributed by atoms with Gasteiger partial charge in [0.2, 0.25) is 0 Å². The Hall–Kier alpha value is -0.910. The molecule has 0 aromatic heterocycles. The lowest BCUT2D eigenvalue weighted by molar-refractivity contribution is -0.145. The van der Waals surface area contributed by atoms with E-state index in [1.807, 2.05) is 6.92 Å². The van der Waals surface area contributed by atoms with Crippen molar-refractivity contribution in [1.29, 1.82) is 0 Å². The predicted molar refractivity (Wildman–Crippen MR) is 100 cm³/mol. The number of aliphatic hydroxyl groups excluding tert-OH is 3. The van der Waals surface area contributed by atoms with Crippen molar-refractivity contribution in [2.75, 3.05) is 26.4 Å². The zero-order valence-corrected chi connectivity index (χ0v) is 16.5. The maximum Gasteiger partial charge on any atom is 0.330 e. The zero-order chi connectivity index (χ0) is 19.3. The second-order valence-electron chi connectivity index (χ2n) is 7.89. The van der Waals surface area contributed by atoms with E-state index in [-0.39, 0.29) is 6.61 Å². The third-order valence-corrected chi connectivity index (χ3v) is 4.64. The Morgan fingerprint density at radius 2 is 1.56 bits per heavy atom. The standard InChI is InChI=1S/C20H38O5/c1-16(2)7-5-8-17(3)9-6-10-18(4)11-19(24)25-15-20(12-21,13-22)14-23/h11,16-17,21-23H,5-10,12-15H2,1-4H3. The minimum Gasteiger partial charge on any atom is -0.462 e. The highest BCUT2D eigenvalue weighted by atomic mass is 16.5. The molecule has 0 aliphatic rings. The van der Waals surface area contributed by atoms with Crippen LogP contribution in [-0.2, 0) is 9.53 Å². The van der Waals surface area contributed by atoms with Gasteiger partial charge in [-0.1, -0.05) is 52.0 Å². The number of hydrogen-bond acceptors (Lipinski definition) is 5. The van der Waals surface area contributed by atoms with Gasteiger partial charge in [-0.15, -0.1) is 0 Å². The number of allylic oxidation sites excluding steroid dienone is 1. The molecule has 0 rings (SSSR count). The Bertz CT molecular complexity index is 377. The van der Waals surface area contributed by atoms with Crippen LogP contribution >= 0.6 is 0 Å². The molecule has 1 atom stereocenters. The molecule has 0 aliphatic heterocycles. The van der Waals surface area contributed by atoms with E-state index in [9.17, 15) is 20.1 Å². The van der Waals surface area contributed by atoms with Crippen LogP contribution < -0.4 is 0 Å². The highest BCUT2D eigenvalue weighted by Gasteiger charge is 2.29. The molecule has 0 aromatic rings. The zero-order valence-electron chi connectivity index (χ0n) is 16.5. The summed E-state index contributed by atoms with van der Waals surface area (Å²) < 4.78 is 5.06. The quantitative estimate of drug-likeness (QED) is 0.328. The Morgan fingerprint density at radius 3 is 2.08 bits per heavy atom. The molecule has 25 heavy (non-hydrogen) atoms. The summed E-state index contributed by atoms with van der Waals surface area (Å²) in [5, 5.41) is 27.6. The molecule has 0 bridgehead atoms. The third-order valence-electron chi connectivity index (χ3n) is 4.64. The molecule has 0 radical (unpaired) electrons. The largest absolute Gasteiger partial charge is 0.462 e. The summed E-state index contributed by atoms with van der Waals surface area (Å²) in [7, 11) is 0. The van der Waals surface area contributed by atoms with Gasteiger partial charge in [0, 0.05) is 6.08 Å².